The normalized spacial score (nSPS) is 17.3. The van der Waals surface area contributed by atoms with Gasteiger partial charge >= 0.3 is 13.1 Å². The Morgan fingerprint density at radius 2 is 1.95 bits per heavy atom. The highest BCUT2D eigenvalue weighted by atomic mass is 16.5. The van der Waals surface area contributed by atoms with E-state index in [-0.39, 0.29) is 5.97 Å². The van der Waals surface area contributed by atoms with Gasteiger partial charge in [-0.3, -0.25) is 4.90 Å². The van der Waals surface area contributed by atoms with Crippen LogP contribution in [0.15, 0.2) is 24.3 Å². The number of carbonyl (C=O) groups excluding carboxylic acids is 1. The van der Waals surface area contributed by atoms with Crippen molar-refractivity contribution in [2.24, 2.45) is 0 Å². The van der Waals surface area contributed by atoms with E-state index in [0.717, 1.165) is 5.56 Å². The lowest BCUT2D eigenvalue weighted by Gasteiger charge is -2.33. The molecule has 1 fully saturated rings. The van der Waals surface area contributed by atoms with Crippen molar-refractivity contribution < 1.29 is 24.3 Å². The molecule has 2 N–H and O–H groups in total. The molecule has 114 valence electrons. The molecular formula is C14H20BNO5. The van der Waals surface area contributed by atoms with Crippen LogP contribution in [0.25, 0.3) is 0 Å². The third kappa shape index (κ3) is 4.04. The lowest BCUT2D eigenvalue weighted by atomic mass is 9.80. The van der Waals surface area contributed by atoms with Crippen molar-refractivity contribution >= 4 is 18.6 Å². The minimum absolute atomic E-state index is 0.295. The van der Waals surface area contributed by atoms with Gasteiger partial charge in [0.1, 0.15) is 6.04 Å². The van der Waals surface area contributed by atoms with E-state index in [9.17, 15) is 4.79 Å². The topological polar surface area (TPSA) is 79.2 Å². The van der Waals surface area contributed by atoms with E-state index in [0.29, 0.717) is 38.4 Å². The molecule has 1 heterocycles. The quantitative estimate of drug-likeness (QED) is 0.552. The molecule has 1 unspecified atom stereocenters. The van der Waals surface area contributed by atoms with E-state index in [1.165, 1.54) is 0 Å². The number of esters is 1. The Kier molecular flexibility index (Phi) is 5.75. The number of benzene rings is 1. The summed E-state index contributed by atoms with van der Waals surface area (Å²) in [5.41, 5.74) is 1.17. The Balaban J connectivity index is 2.22. The van der Waals surface area contributed by atoms with Crippen molar-refractivity contribution in [1.29, 1.82) is 0 Å². The Hall–Kier alpha value is -1.41. The summed E-state index contributed by atoms with van der Waals surface area (Å²) in [6.07, 6.45) is 0. The molecule has 0 spiro atoms. The van der Waals surface area contributed by atoms with E-state index < -0.39 is 13.2 Å². The van der Waals surface area contributed by atoms with Crippen molar-refractivity contribution in [2.45, 2.75) is 13.0 Å². The number of carbonyl (C=O) groups is 1. The molecule has 0 saturated carbocycles. The molecule has 1 atom stereocenters. The smallest absolute Gasteiger partial charge is 0.465 e. The molecule has 7 heteroatoms. The molecule has 0 aromatic heterocycles. The summed E-state index contributed by atoms with van der Waals surface area (Å²) >= 11 is 0. The van der Waals surface area contributed by atoms with Crippen LogP contribution in [-0.4, -0.2) is 60.9 Å². The highest BCUT2D eigenvalue weighted by Gasteiger charge is 2.30. The maximum Gasteiger partial charge on any atom is 0.488 e. The number of hydrogen-bond donors (Lipinski definition) is 2. The number of rotatable bonds is 5. The van der Waals surface area contributed by atoms with Crippen LogP contribution in [-0.2, 0) is 14.3 Å². The van der Waals surface area contributed by atoms with Crippen molar-refractivity contribution in [3.05, 3.63) is 29.8 Å². The minimum Gasteiger partial charge on any atom is -0.465 e. The van der Waals surface area contributed by atoms with Crippen molar-refractivity contribution in [3.8, 4) is 0 Å². The van der Waals surface area contributed by atoms with Crippen molar-refractivity contribution in [2.75, 3.05) is 32.9 Å². The monoisotopic (exact) mass is 293 g/mol. The van der Waals surface area contributed by atoms with Crippen LogP contribution >= 0.6 is 0 Å². The first-order chi connectivity index (χ1) is 10.1. The van der Waals surface area contributed by atoms with Crippen LogP contribution in [0.1, 0.15) is 18.5 Å². The van der Waals surface area contributed by atoms with Crippen LogP contribution in [0.3, 0.4) is 0 Å². The first kappa shape index (κ1) is 16.0. The predicted molar refractivity (Wildman–Crippen MR) is 78.0 cm³/mol. The summed E-state index contributed by atoms with van der Waals surface area (Å²) < 4.78 is 10.5. The Bertz CT molecular complexity index is 459. The molecule has 6 nitrogen and oxygen atoms in total. The number of ether oxygens (including phenoxy) is 2. The first-order valence-electron chi connectivity index (χ1n) is 7.08. The van der Waals surface area contributed by atoms with Gasteiger partial charge in [0.15, 0.2) is 0 Å². The average molecular weight is 293 g/mol. The van der Waals surface area contributed by atoms with E-state index in [2.05, 4.69) is 0 Å². The SMILES string of the molecule is CCOC(=O)C(c1ccc(B(O)O)cc1)N1CCOCC1. The minimum atomic E-state index is -1.51. The average Bonchev–Trinajstić information content (AvgIpc) is 2.49. The molecule has 2 rings (SSSR count). The van der Waals surface area contributed by atoms with Gasteiger partial charge < -0.3 is 19.5 Å². The van der Waals surface area contributed by atoms with Crippen LogP contribution in [0.5, 0.6) is 0 Å². The fraction of sp³-hybridized carbons (Fsp3) is 0.500. The lowest BCUT2D eigenvalue weighted by Crippen LogP contribution is -2.43. The summed E-state index contributed by atoms with van der Waals surface area (Å²) in [7, 11) is -1.51. The molecule has 1 aliphatic rings. The molecule has 1 saturated heterocycles. The predicted octanol–water partition coefficient (Wildman–Crippen LogP) is -0.697. The van der Waals surface area contributed by atoms with Gasteiger partial charge in [-0.05, 0) is 17.9 Å². The number of morpholine rings is 1. The molecule has 0 radical (unpaired) electrons. The summed E-state index contributed by atoms with van der Waals surface area (Å²) in [5.74, 6) is -0.295. The molecule has 1 aliphatic heterocycles. The van der Waals surface area contributed by atoms with Gasteiger partial charge in [-0.1, -0.05) is 24.3 Å². The second kappa shape index (κ2) is 7.56. The van der Waals surface area contributed by atoms with Crippen molar-refractivity contribution in [3.63, 3.8) is 0 Å². The fourth-order valence-electron chi connectivity index (χ4n) is 2.40. The summed E-state index contributed by atoms with van der Waals surface area (Å²) in [6.45, 7) is 4.60. The number of nitrogens with zero attached hydrogens (tertiary/aromatic N) is 1. The molecule has 1 aromatic rings. The zero-order chi connectivity index (χ0) is 15.2. The van der Waals surface area contributed by atoms with Crippen LogP contribution < -0.4 is 5.46 Å². The van der Waals surface area contributed by atoms with Crippen LogP contribution in [0, 0.1) is 0 Å². The van der Waals surface area contributed by atoms with E-state index in [1.807, 2.05) is 4.90 Å². The second-order valence-corrected chi connectivity index (χ2v) is 4.84. The third-order valence-electron chi connectivity index (χ3n) is 3.47. The van der Waals surface area contributed by atoms with Gasteiger partial charge in [0.25, 0.3) is 0 Å². The maximum atomic E-state index is 12.3. The maximum absolute atomic E-state index is 12.3. The zero-order valence-electron chi connectivity index (χ0n) is 12.1. The Labute approximate surface area is 124 Å². The van der Waals surface area contributed by atoms with Crippen LogP contribution in [0.4, 0.5) is 0 Å². The Morgan fingerprint density at radius 3 is 2.48 bits per heavy atom. The van der Waals surface area contributed by atoms with Gasteiger partial charge in [0, 0.05) is 13.1 Å². The van der Waals surface area contributed by atoms with E-state index in [4.69, 9.17) is 19.5 Å². The zero-order valence-corrected chi connectivity index (χ0v) is 12.1. The van der Waals surface area contributed by atoms with Gasteiger partial charge in [-0.15, -0.1) is 0 Å². The van der Waals surface area contributed by atoms with E-state index in [1.54, 1.807) is 31.2 Å². The van der Waals surface area contributed by atoms with Gasteiger partial charge in [0.05, 0.1) is 19.8 Å². The summed E-state index contributed by atoms with van der Waals surface area (Å²) in [6, 6.07) is 6.18. The molecule has 1 aromatic carbocycles. The second-order valence-electron chi connectivity index (χ2n) is 4.84. The highest BCUT2D eigenvalue weighted by Crippen LogP contribution is 2.23. The van der Waals surface area contributed by atoms with Gasteiger partial charge in [-0.25, -0.2) is 4.79 Å². The summed E-state index contributed by atoms with van der Waals surface area (Å²) in [4.78, 5) is 14.3. The van der Waals surface area contributed by atoms with Gasteiger partial charge in [-0.2, -0.15) is 0 Å². The number of hydrogen-bond acceptors (Lipinski definition) is 6. The summed E-state index contributed by atoms with van der Waals surface area (Å²) in [5, 5.41) is 18.3. The molecule has 0 amide bonds. The first-order valence-corrected chi connectivity index (χ1v) is 7.08. The van der Waals surface area contributed by atoms with E-state index >= 15 is 0 Å². The fourth-order valence-corrected chi connectivity index (χ4v) is 2.40. The molecular weight excluding hydrogens is 273 g/mol. The standard InChI is InChI=1S/C14H20BNO5/c1-2-21-14(17)13(16-7-9-20-10-8-16)11-3-5-12(6-4-11)15(18)19/h3-6,13,18-19H,2,7-10H2,1H3. The Morgan fingerprint density at radius 1 is 1.33 bits per heavy atom. The highest BCUT2D eigenvalue weighted by molar-refractivity contribution is 6.58. The largest absolute Gasteiger partial charge is 0.488 e. The van der Waals surface area contributed by atoms with Crippen LogP contribution in [0.2, 0.25) is 0 Å². The molecule has 0 aliphatic carbocycles. The molecule has 0 bridgehead atoms. The van der Waals surface area contributed by atoms with Crippen molar-refractivity contribution in [1.82, 2.24) is 4.90 Å². The lowest BCUT2D eigenvalue weighted by molar-refractivity contribution is -0.151. The third-order valence-corrected chi connectivity index (χ3v) is 3.47. The molecule has 21 heavy (non-hydrogen) atoms. The van der Waals surface area contributed by atoms with Gasteiger partial charge in [0.2, 0.25) is 0 Å².